The number of aromatic nitrogens is 3. The molecule has 1 spiro atoms. The van der Waals surface area contributed by atoms with Gasteiger partial charge in [0.15, 0.2) is 11.6 Å². The molecule has 0 radical (unpaired) electrons. The smallest absolute Gasteiger partial charge is 0.380 e. The molecule has 4 aliphatic rings. The van der Waals surface area contributed by atoms with Gasteiger partial charge in [0.2, 0.25) is 0 Å². The molecule has 3 fully saturated rings. The Kier molecular flexibility index (Phi) is 5.74. The summed E-state index contributed by atoms with van der Waals surface area (Å²) in [6.45, 7) is 3.58. The van der Waals surface area contributed by atoms with Gasteiger partial charge in [-0.15, -0.1) is 10.2 Å². The number of rotatable bonds is 3. The second-order valence-corrected chi connectivity index (χ2v) is 11.7. The molecule has 0 unspecified atom stereocenters. The summed E-state index contributed by atoms with van der Waals surface area (Å²) in [7, 11) is 0. The zero-order valence-corrected chi connectivity index (χ0v) is 21.6. The Morgan fingerprint density at radius 3 is 2.49 bits per heavy atom. The maximum atomic E-state index is 14.7. The molecule has 206 valence electrons. The van der Waals surface area contributed by atoms with Gasteiger partial charge in [0, 0.05) is 48.6 Å². The first-order valence-corrected chi connectivity index (χ1v) is 13.3. The normalized spacial score (nSPS) is 22.8. The number of nitrogens with zero attached hydrogens (tertiary/aromatic N) is 5. The fourth-order valence-corrected chi connectivity index (χ4v) is 6.98. The van der Waals surface area contributed by atoms with Crippen molar-refractivity contribution in [2.24, 2.45) is 5.41 Å². The molecule has 0 N–H and O–H groups in total. The lowest BCUT2D eigenvalue weighted by Crippen LogP contribution is -2.62. The van der Waals surface area contributed by atoms with Gasteiger partial charge in [0.25, 0.3) is 0 Å². The van der Waals surface area contributed by atoms with Crippen LogP contribution in [0.25, 0.3) is 5.69 Å². The quantitative estimate of drug-likeness (QED) is 0.381. The molecular weight excluding hydrogens is 541 g/mol. The monoisotopic (exact) mass is 565 g/mol. The van der Waals surface area contributed by atoms with E-state index >= 15 is 0 Å². The number of benzene rings is 2. The third-order valence-electron chi connectivity index (χ3n) is 8.65. The lowest BCUT2D eigenvalue weighted by molar-refractivity contribution is -0.142. The summed E-state index contributed by atoms with van der Waals surface area (Å²) in [6, 6.07) is 7.91. The second-order valence-electron chi connectivity index (χ2n) is 11.2. The molecule has 0 amide bonds. The van der Waals surface area contributed by atoms with Crippen LogP contribution in [0.1, 0.15) is 48.0 Å². The summed E-state index contributed by atoms with van der Waals surface area (Å²) in [4.78, 5) is 3.92. The van der Waals surface area contributed by atoms with Crippen LogP contribution in [0, 0.1) is 17.0 Å². The molecule has 1 saturated carbocycles. The fraction of sp³-hybridized carbons (Fsp3) is 0.481. The molecular formula is C27H25ClF5N5O. The van der Waals surface area contributed by atoms with E-state index in [1.807, 2.05) is 18.2 Å². The van der Waals surface area contributed by atoms with Crippen LogP contribution < -0.4 is 4.90 Å². The predicted molar refractivity (Wildman–Crippen MR) is 133 cm³/mol. The second kappa shape index (κ2) is 8.87. The minimum absolute atomic E-state index is 0.113. The molecule has 7 rings (SSSR count). The van der Waals surface area contributed by atoms with Gasteiger partial charge in [-0.1, -0.05) is 11.6 Å². The van der Waals surface area contributed by atoms with Gasteiger partial charge in [0.05, 0.1) is 24.5 Å². The fourth-order valence-electron chi connectivity index (χ4n) is 6.79. The third-order valence-corrected chi connectivity index (χ3v) is 8.88. The van der Waals surface area contributed by atoms with Crippen LogP contribution in [0.5, 0.6) is 0 Å². The highest BCUT2D eigenvalue weighted by molar-refractivity contribution is 6.30. The van der Waals surface area contributed by atoms with Crippen molar-refractivity contribution in [3.8, 4) is 5.69 Å². The summed E-state index contributed by atoms with van der Waals surface area (Å²) in [6.07, 6.45) is -2.61. The summed E-state index contributed by atoms with van der Waals surface area (Å²) in [5.74, 6) is -1.34. The Bertz CT molecular complexity index is 1440. The Hall–Kier alpha value is -2.76. The first-order valence-electron chi connectivity index (χ1n) is 13.0. The zero-order chi connectivity index (χ0) is 27.1. The lowest BCUT2D eigenvalue weighted by Gasteiger charge is -2.59. The van der Waals surface area contributed by atoms with Crippen molar-refractivity contribution in [2.75, 3.05) is 31.2 Å². The van der Waals surface area contributed by atoms with E-state index in [1.165, 1.54) is 0 Å². The Balaban J connectivity index is 1.12. The maximum Gasteiger partial charge on any atom is 0.422 e. The highest BCUT2D eigenvalue weighted by Gasteiger charge is 2.55. The minimum Gasteiger partial charge on any atom is -0.380 e. The standard InChI is InChI=1S/C27H25ClF5N5O/c28-17-1-3-20-15(7-17)10-36(18-5-6-39-12-18)11-22-34-35-25(38(20)22)16-8-26(9-16)13-37(14-26)21-4-2-19(29)23(24(21)30)27(31,32)33/h1-4,7,16,18H,5-6,8-14H2/t18-/m0/s1. The Morgan fingerprint density at radius 1 is 1.00 bits per heavy atom. The van der Waals surface area contributed by atoms with E-state index in [0.29, 0.717) is 43.4 Å². The number of hydrogen-bond donors (Lipinski definition) is 0. The average Bonchev–Trinajstić information content (AvgIpc) is 3.45. The average molecular weight is 566 g/mol. The summed E-state index contributed by atoms with van der Waals surface area (Å²) in [5.41, 5.74) is -0.103. The SMILES string of the molecule is Fc1ccc(N2CC3(CC(c4nnc5n4-c4ccc(Cl)cc4CN([C@H]4CCOC4)C5)C3)C2)c(F)c1C(F)(F)F. The van der Waals surface area contributed by atoms with Crippen molar-refractivity contribution in [1.29, 1.82) is 0 Å². The molecule has 2 aromatic carbocycles. The molecule has 1 atom stereocenters. The number of ether oxygens (including phenoxy) is 1. The summed E-state index contributed by atoms with van der Waals surface area (Å²) >= 11 is 6.36. The van der Waals surface area contributed by atoms with E-state index in [-0.39, 0.29) is 17.0 Å². The molecule has 12 heteroatoms. The topological polar surface area (TPSA) is 46.4 Å². The van der Waals surface area contributed by atoms with Crippen LogP contribution in [0.15, 0.2) is 30.3 Å². The number of anilines is 1. The summed E-state index contributed by atoms with van der Waals surface area (Å²) < 4.78 is 75.7. The largest absolute Gasteiger partial charge is 0.422 e. The van der Waals surface area contributed by atoms with Gasteiger partial charge in [-0.05, 0) is 55.2 Å². The molecule has 1 aromatic heterocycles. The highest BCUT2D eigenvalue weighted by atomic mass is 35.5. The van der Waals surface area contributed by atoms with E-state index in [2.05, 4.69) is 19.7 Å². The molecule has 0 bridgehead atoms. The van der Waals surface area contributed by atoms with E-state index in [4.69, 9.17) is 16.3 Å². The van der Waals surface area contributed by atoms with Gasteiger partial charge < -0.3 is 9.64 Å². The molecule has 3 aromatic rings. The Labute approximate surface area is 226 Å². The van der Waals surface area contributed by atoms with Gasteiger partial charge in [0.1, 0.15) is 17.2 Å². The van der Waals surface area contributed by atoms with Crippen LogP contribution in [0.3, 0.4) is 0 Å². The number of halogens is 6. The summed E-state index contributed by atoms with van der Waals surface area (Å²) in [5, 5.41) is 9.81. The van der Waals surface area contributed by atoms with E-state index in [0.717, 1.165) is 61.4 Å². The zero-order valence-electron chi connectivity index (χ0n) is 20.8. The van der Waals surface area contributed by atoms with Crippen LogP contribution in [-0.4, -0.2) is 52.0 Å². The Morgan fingerprint density at radius 2 is 1.77 bits per heavy atom. The maximum absolute atomic E-state index is 14.7. The van der Waals surface area contributed by atoms with Gasteiger partial charge in [-0.2, -0.15) is 13.2 Å². The van der Waals surface area contributed by atoms with Crippen molar-refractivity contribution in [2.45, 2.75) is 50.5 Å². The third kappa shape index (κ3) is 4.12. The van der Waals surface area contributed by atoms with E-state index in [1.54, 1.807) is 4.90 Å². The van der Waals surface area contributed by atoms with Crippen molar-refractivity contribution in [1.82, 2.24) is 19.7 Å². The van der Waals surface area contributed by atoms with Crippen molar-refractivity contribution >= 4 is 17.3 Å². The first-order chi connectivity index (χ1) is 18.6. The molecule has 2 saturated heterocycles. The molecule has 6 nitrogen and oxygen atoms in total. The molecule has 3 aliphatic heterocycles. The molecule has 4 heterocycles. The van der Waals surface area contributed by atoms with E-state index in [9.17, 15) is 22.0 Å². The molecule has 39 heavy (non-hydrogen) atoms. The van der Waals surface area contributed by atoms with Crippen LogP contribution in [-0.2, 0) is 24.0 Å². The van der Waals surface area contributed by atoms with Gasteiger partial charge in [-0.3, -0.25) is 9.47 Å². The van der Waals surface area contributed by atoms with Crippen molar-refractivity contribution in [3.05, 3.63) is 69.8 Å². The molecule has 1 aliphatic carbocycles. The number of fused-ring (bicyclic) bond motifs is 3. The van der Waals surface area contributed by atoms with Crippen molar-refractivity contribution in [3.63, 3.8) is 0 Å². The first kappa shape index (κ1) is 25.2. The highest BCUT2D eigenvalue weighted by Crippen LogP contribution is 2.57. The predicted octanol–water partition coefficient (Wildman–Crippen LogP) is 5.71. The minimum atomic E-state index is -5.10. The van der Waals surface area contributed by atoms with Crippen LogP contribution >= 0.6 is 11.6 Å². The number of alkyl halides is 3. The van der Waals surface area contributed by atoms with Gasteiger partial charge >= 0.3 is 6.18 Å². The van der Waals surface area contributed by atoms with Crippen molar-refractivity contribution < 1.29 is 26.7 Å². The van der Waals surface area contributed by atoms with Crippen LogP contribution in [0.4, 0.5) is 27.6 Å². The van der Waals surface area contributed by atoms with Crippen LogP contribution in [0.2, 0.25) is 5.02 Å². The lowest BCUT2D eigenvalue weighted by atomic mass is 9.57. The number of hydrogen-bond acceptors (Lipinski definition) is 5. The van der Waals surface area contributed by atoms with Gasteiger partial charge in [-0.25, -0.2) is 8.78 Å². The van der Waals surface area contributed by atoms with E-state index < -0.39 is 23.4 Å².